The maximum Gasteiger partial charge on any atom is 0.176 e. The first kappa shape index (κ1) is 10.2. The summed E-state index contributed by atoms with van der Waals surface area (Å²) in [5.74, 6) is -0.515. The van der Waals surface area contributed by atoms with Crippen LogP contribution >= 0.6 is 15.9 Å². The molecule has 0 radical (unpaired) electrons. The third-order valence-electron chi connectivity index (χ3n) is 1.51. The van der Waals surface area contributed by atoms with Crippen molar-refractivity contribution in [2.24, 2.45) is 0 Å². The molecule has 0 saturated heterocycles. The average molecular weight is 247 g/mol. The molecular formula is C9H8BrFO2. The van der Waals surface area contributed by atoms with Gasteiger partial charge in [-0.2, -0.15) is 0 Å². The van der Waals surface area contributed by atoms with E-state index in [1.54, 1.807) is 13.0 Å². The van der Waals surface area contributed by atoms with Gasteiger partial charge in [-0.15, -0.1) is 0 Å². The molecule has 1 rings (SSSR count). The van der Waals surface area contributed by atoms with Crippen molar-refractivity contribution in [3.05, 3.63) is 28.0 Å². The average Bonchev–Trinajstić information content (AvgIpc) is 2.11. The second-order valence-electron chi connectivity index (χ2n) is 2.32. The van der Waals surface area contributed by atoms with Crippen LogP contribution in [0.25, 0.3) is 0 Å². The van der Waals surface area contributed by atoms with Crippen LogP contribution in [0.5, 0.6) is 5.75 Å². The van der Waals surface area contributed by atoms with Crippen LogP contribution in [0.15, 0.2) is 16.6 Å². The maximum absolute atomic E-state index is 13.3. The minimum absolute atomic E-state index is 0.00838. The summed E-state index contributed by atoms with van der Waals surface area (Å²) >= 11 is 3.07. The number of ether oxygens (including phenoxy) is 1. The Balaban J connectivity index is 3.19. The highest BCUT2D eigenvalue weighted by atomic mass is 79.9. The van der Waals surface area contributed by atoms with Gasteiger partial charge in [0.05, 0.1) is 12.2 Å². The second-order valence-corrected chi connectivity index (χ2v) is 3.18. The number of halogens is 2. The maximum atomic E-state index is 13.3. The zero-order valence-electron chi connectivity index (χ0n) is 7.01. The molecule has 1 aromatic carbocycles. The van der Waals surface area contributed by atoms with Crippen molar-refractivity contribution in [3.63, 3.8) is 0 Å². The number of hydrogen-bond donors (Lipinski definition) is 0. The molecule has 0 unspecified atom stereocenters. The molecule has 0 heterocycles. The monoisotopic (exact) mass is 246 g/mol. The van der Waals surface area contributed by atoms with Crippen molar-refractivity contribution in [1.82, 2.24) is 0 Å². The molecule has 0 fully saturated rings. The quantitative estimate of drug-likeness (QED) is 0.767. The lowest BCUT2D eigenvalue weighted by atomic mass is 10.2. The van der Waals surface area contributed by atoms with E-state index in [2.05, 4.69) is 15.9 Å². The fraction of sp³-hybridized carbons (Fsp3) is 0.222. The number of benzene rings is 1. The van der Waals surface area contributed by atoms with Crippen LogP contribution in [0.3, 0.4) is 0 Å². The van der Waals surface area contributed by atoms with Gasteiger partial charge in [0, 0.05) is 4.47 Å². The van der Waals surface area contributed by atoms with Gasteiger partial charge in [-0.05, 0) is 35.0 Å². The minimum Gasteiger partial charge on any atom is -0.491 e. The molecule has 0 aliphatic carbocycles. The summed E-state index contributed by atoms with van der Waals surface area (Å²) in [6, 6.07) is 3.06. The highest BCUT2D eigenvalue weighted by molar-refractivity contribution is 9.10. The highest BCUT2D eigenvalue weighted by Gasteiger charge is 2.11. The Morgan fingerprint density at radius 3 is 2.85 bits per heavy atom. The molecule has 13 heavy (non-hydrogen) atoms. The molecule has 4 heteroatoms. The molecule has 0 N–H and O–H groups in total. The number of rotatable bonds is 3. The standard InChI is InChI=1S/C9H8BrFO2/c1-2-13-8-4-3-7(10)6(5-12)9(8)11/h3-5H,2H2,1H3. The van der Waals surface area contributed by atoms with Crippen LogP contribution < -0.4 is 4.74 Å². The molecule has 0 bridgehead atoms. The fourth-order valence-electron chi connectivity index (χ4n) is 0.924. The summed E-state index contributed by atoms with van der Waals surface area (Å²) in [7, 11) is 0. The molecule has 0 saturated carbocycles. The summed E-state index contributed by atoms with van der Waals surface area (Å²) in [6.07, 6.45) is 0.460. The minimum atomic E-state index is -0.619. The van der Waals surface area contributed by atoms with Gasteiger partial charge in [0.25, 0.3) is 0 Å². The van der Waals surface area contributed by atoms with E-state index in [0.717, 1.165) is 0 Å². The first-order valence-electron chi connectivity index (χ1n) is 3.76. The molecule has 2 nitrogen and oxygen atoms in total. The van der Waals surface area contributed by atoms with Crippen molar-refractivity contribution < 1.29 is 13.9 Å². The molecule has 0 spiro atoms. The van der Waals surface area contributed by atoms with E-state index in [4.69, 9.17) is 4.74 Å². The normalized spacial score (nSPS) is 9.77. The van der Waals surface area contributed by atoms with E-state index >= 15 is 0 Å². The molecule has 0 aromatic heterocycles. The van der Waals surface area contributed by atoms with Crippen molar-refractivity contribution in [2.75, 3.05) is 6.61 Å². The van der Waals surface area contributed by atoms with Crippen LogP contribution in [0.1, 0.15) is 17.3 Å². The Morgan fingerprint density at radius 1 is 1.62 bits per heavy atom. The van der Waals surface area contributed by atoms with Crippen LogP contribution in [0.4, 0.5) is 4.39 Å². The SMILES string of the molecule is CCOc1ccc(Br)c(C=O)c1F. The Hall–Kier alpha value is -0.900. The molecule has 0 aliphatic heterocycles. The van der Waals surface area contributed by atoms with E-state index < -0.39 is 5.82 Å². The van der Waals surface area contributed by atoms with Gasteiger partial charge in [-0.25, -0.2) is 4.39 Å². The number of carbonyl (C=O) groups is 1. The predicted octanol–water partition coefficient (Wildman–Crippen LogP) is 2.80. The molecule has 0 atom stereocenters. The zero-order chi connectivity index (χ0) is 9.84. The topological polar surface area (TPSA) is 26.3 Å². The molecule has 1 aromatic rings. The lowest BCUT2D eigenvalue weighted by Gasteiger charge is -2.06. The summed E-state index contributed by atoms with van der Waals surface area (Å²) in [6.45, 7) is 2.12. The summed E-state index contributed by atoms with van der Waals surface area (Å²) in [4.78, 5) is 10.5. The van der Waals surface area contributed by atoms with Gasteiger partial charge in [0.2, 0.25) is 0 Å². The Morgan fingerprint density at radius 2 is 2.31 bits per heavy atom. The van der Waals surface area contributed by atoms with Gasteiger partial charge in [0.15, 0.2) is 17.9 Å². The molecular weight excluding hydrogens is 239 g/mol. The zero-order valence-corrected chi connectivity index (χ0v) is 8.60. The Kier molecular flexibility index (Phi) is 3.42. The summed E-state index contributed by atoms with van der Waals surface area (Å²) in [5.41, 5.74) is -0.00838. The van der Waals surface area contributed by atoms with Crippen molar-refractivity contribution >= 4 is 22.2 Å². The summed E-state index contributed by atoms with van der Waals surface area (Å²) < 4.78 is 18.7. The third kappa shape index (κ3) is 2.06. The van der Waals surface area contributed by atoms with E-state index in [-0.39, 0.29) is 11.3 Å². The fourth-order valence-corrected chi connectivity index (χ4v) is 1.32. The van der Waals surface area contributed by atoms with E-state index in [9.17, 15) is 9.18 Å². The van der Waals surface area contributed by atoms with Gasteiger partial charge < -0.3 is 4.74 Å². The Labute approximate surface area is 83.8 Å². The summed E-state index contributed by atoms with van der Waals surface area (Å²) in [5, 5.41) is 0. The number of hydrogen-bond acceptors (Lipinski definition) is 2. The van der Waals surface area contributed by atoms with E-state index in [0.29, 0.717) is 17.4 Å². The van der Waals surface area contributed by atoms with Gasteiger partial charge in [-0.3, -0.25) is 4.79 Å². The van der Waals surface area contributed by atoms with Crippen LogP contribution in [0.2, 0.25) is 0 Å². The van der Waals surface area contributed by atoms with Gasteiger partial charge in [-0.1, -0.05) is 0 Å². The third-order valence-corrected chi connectivity index (χ3v) is 2.20. The van der Waals surface area contributed by atoms with E-state index in [1.165, 1.54) is 6.07 Å². The lowest BCUT2D eigenvalue weighted by molar-refractivity contribution is 0.111. The van der Waals surface area contributed by atoms with Crippen molar-refractivity contribution in [2.45, 2.75) is 6.92 Å². The lowest BCUT2D eigenvalue weighted by Crippen LogP contribution is -1.98. The van der Waals surface area contributed by atoms with Crippen molar-refractivity contribution in [3.8, 4) is 5.75 Å². The molecule has 0 aliphatic rings. The highest BCUT2D eigenvalue weighted by Crippen LogP contribution is 2.26. The van der Waals surface area contributed by atoms with Crippen LogP contribution in [-0.4, -0.2) is 12.9 Å². The number of carbonyl (C=O) groups excluding carboxylic acids is 1. The first-order valence-corrected chi connectivity index (χ1v) is 4.56. The van der Waals surface area contributed by atoms with Gasteiger partial charge >= 0.3 is 0 Å². The largest absolute Gasteiger partial charge is 0.491 e. The molecule has 70 valence electrons. The van der Waals surface area contributed by atoms with Crippen LogP contribution in [0, 0.1) is 5.82 Å². The van der Waals surface area contributed by atoms with Crippen molar-refractivity contribution in [1.29, 1.82) is 0 Å². The number of aldehydes is 1. The second kappa shape index (κ2) is 4.37. The Bertz CT molecular complexity index is 326. The van der Waals surface area contributed by atoms with E-state index in [1.807, 2.05) is 0 Å². The molecule has 0 amide bonds. The first-order chi connectivity index (χ1) is 6.20. The van der Waals surface area contributed by atoms with Crippen LogP contribution in [-0.2, 0) is 0 Å². The predicted molar refractivity (Wildman–Crippen MR) is 50.7 cm³/mol. The smallest absolute Gasteiger partial charge is 0.176 e. The van der Waals surface area contributed by atoms with Gasteiger partial charge in [0.1, 0.15) is 0 Å².